The Hall–Kier alpha value is -2.36. The number of carboxylic acids is 1. The van der Waals surface area contributed by atoms with Crippen LogP contribution in [0.25, 0.3) is 0 Å². The van der Waals surface area contributed by atoms with Crippen LogP contribution in [0.3, 0.4) is 0 Å². The van der Waals surface area contributed by atoms with Crippen LogP contribution >= 0.6 is 0 Å². The zero-order valence-corrected chi connectivity index (χ0v) is 10.6. The highest BCUT2D eigenvalue weighted by Gasteiger charge is 2.15. The Labute approximate surface area is 108 Å². The molecule has 1 amide bonds. The smallest absolute Gasteiger partial charge is 0.422 e. The number of anilines is 1. The fourth-order valence-corrected chi connectivity index (χ4v) is 1.79. The summed E-state index contributed by atoms with van der Waals surface area (Å²) in [6.07, 6.45) is -0.112. The van der Waals surface area contributed by atoms with Crippen LogP contribution in [0.2, 0.25) is 0 Å². The molecule has 104 valence electrons. The van der Waals surface area contributed by atoms with E-state index in [0.29, 0.717) is 0 Å². The Morgan fingerprint density at radius 2 is 2.11 bits per heavy atom. The molecule has 0 saturated carbocycles. The van der Waals surface area contributed by atoms with Gasteiger partial charge in [-0.05, 0) is 19.1 Å². The molecule has 0 radical (unpaired) electrons. The minimum Gasteiger partial charge on any atom is -0.477 e. The summed E-state index contributed by atoms with van der Waals surface area (Å²) in [5.41, 5.74) is -0.233. The van der Waals surface area contributed by atoms with Gasteiger partial charge in [0.25, 0.3) is 0 Å². The molecule has 1 aromatic rings. The Morgan fingerprint density at radius 3 is 2.58 bits per heavy atom. The van der Waals surface area contributed by atoms with Crippen LogP contribution in [-0.4, -0.2) is 37.2 Å². The SMILES string of the molecule is CCOC(=O)NS(=O)(=O)Nc1ccc(C(=O)O)nc1. The molecule has 9 nitrogen and oxygen atoms in total. The summed E-state index contributed by atoms with van der Waals surface area (Å²) < 4.78 is 30.9. The summed E-state index contributed by atoms with van der Waals surface area (Å²) in [5, 5.41) is 8.61. The molecule has 0 aliphatic heterocycles. The molecule has 19 heavy (non-hydrogen) atoms. The van der Waals surface area contributed by atoms with Crippen molar-refractivity contribution in [1.82, 2.24) is 9.71 Å². The molecule has 0 aliphatic carbocycles. The van der Waals surface area contributed by atoms with Gasteiger partial charge in [0.2, 0.25) is 0 Å². The molecule has 1 heterocycles. The lowest BCUT2D eigenvalue weighted by Crippen LogP contribution is -2.35. The van der Waals surface area contributed by atoms with Gasteiger partial charge in [0.1, 0.15) is 5.69 Å². The van der Waals surface area contributed by atoms with Gasteiger partial charge in [-0.15, -0.1) is 0 Å². The van der Waals surface area contributed by atoms with Gasteiger partial charge in [0.15, 0.2) is 0 Å². The molecule has 0 bridgehead atoms. The third kappa shape index (κ3) is 4.79. The molecule has 0 saturated heterocycles. The van der Waals surface area contributed by atoms with Crippen LogP contribution < -0.4 is 9.44 Å². The van der Waals surface area contributed by atoms with Gasteiger partial charge in [-0.3, -0.25) is 4.72 Å². The van der Waals surface area contributed by atoms with E-state index >= 15 is 0 Å². The fourth-order valence-electron chi connectivity index (χ4n) is 1.03. The third-order valence-corrected chi connectivity index (χ3v) is 2.67. The predicted octanol–water partition coefficient (Wildman–Crippen LogP) is 0.183. The number of aromatic carboxylic acids is 1. The lowest BCUT2D eigenvalue weighted by molar-refractivity contribution is 0.0690. The van der Waals surface area contributed by atoms with Crippen molar-refractivity contribution in [3.63, 3.8) is 0 Å². The van der Waals surface area contributed by atoms with Crippen molar-refractivity contribution in [1.29, 1.82) is 0 Å². The van der Waals surface area contributed by atoms with Gasteiger partial charge in [0, 0.05) is 0 Å². The summed E-state index contributed by atoms with van der Waals surface area (Å²) >= 11 is 0. The van der Waals surface area contributed by atoms with Crippen molar-refractivity contribution in [2.75, 3.05) is 11.3 Å². The number of amides is 1. The normalized spacial score (nSPS) is 10.6. The quantitative estimate of drug-likeness (QED) is 0.703. The van der Waals surface area contributed by atoms with Gasteiger partial charge in [-0.25, -0.2) is 19.3 Å². The fraction of sp³-hybridized carbons (Fsp3) is 0.222. The van der Waals surface area contributed by atoms with Crippen molar-refractivity contribution in [3.8, 4) is 0 Å². The highest BCUT2D eigenvalue weighted by Crippen LogP contribution is 2.07. The molecule has 0 spiro atoms. The first kappa shape index (κ1) is 14.7. The number of carboxylic acid groups (broad SMARTS) is 1. The van der Waals surface area contributed by atoms with Gasteiger partial charge in [-0.2, -0.15) is 8.42 Å². The Bertz CT molecular complexity index is 568. The van der Waals surface area contributed by atoms with Gasteiger partial charge >= 0.3 is 22.3 Å². The van der Waals surface area contributed by atoms with E-state index in [0.717, 1.165) is 12.3 Å². The maximum Gasteiger partial charge on any atom is 0.422 e. The number of rotatable bonds is 5. The number of carbonyl (C=O) groups is 2. The summed E-state index contributed by atoms with van der Waals surface area (Å²) in [7, 11) is -4.15. The predicted molar refractivity (Wildman–Crippen MR) is 63.9 cm³/mol. The second kappa shape index (κ2) is 6.00. The van der Waals surface area contributed by atoms with Crippen molar-refractivity contribution in [2.45, 2.75) is 6.92 Å². The van der Waals surface area contributed by atoms with Crippen LogP contribution in [0.15, 0.2) is 18.3 Å². The van der Waals surface area contributed by atoms with Crippen LogP contribution in [0.5, 0.6) is 0 Å². The molecule has 0 unspecified atom stereocenters. The Balaban J connectivity index is 2.73. The van der Waals surface area contributed by atoms with E-state index in [4.69, 9.17) is 5.11 Å². The van der Waals surface area contributed by atoms with Crippen LogP contribution in [0.1, 0.15) is 17.4 Å². The molecule has 0 fully saturated rings. The maximum atomic E-state index is 11.4. The monoisotopic (exact) mass is 289 g/mol. The number of pyridine rings is 1. The average molecular weight is 289 g/mol. The highest BCUT2D eigenvalue weighted by molar-refractivity contribution is 7.91. The first-order valence-electron chi connectivity index (χ1n) is 5.00. The zero-order valence-electron chi connectivity index (χ0n) is 9.78. The second-order valence-electron chi connectivity index (χ2n) is 3.17. The number of hydrogen-bond acceptors (Lipinski definition) is 6. The van der Waals surface area contributed by atoms with Gasteiger partial charge in [-0.1, -0.05) is 0 Å². The minimum absolute atomic E-state index is 0.00167. The first-order chi connectivity index (χ1) is 8.84. The second-order valence-corrected chi connectivity index (χ2v) is 4.58. The molecule has 10 heteroatoms. The molecule has 0 aromatic carbocycles. The van der Waals surface area contributed by atoms with Gasteiger partial charge in [0.05, 0.1) is 18.5 Å². The van der Waals surface area contributed by atoms with E-state index in [1.807, 2.05) is 4.72 Å². The third-order valence-electron chi connectivity index (χ3n) is 1.73. The van der Waals surface area contributed by atoms with Crippen molar-refractivity contribution in [3.05, 3.63) is 24.0 Å². The number of nitrogens with one attached hydrogen (secondary N) is 2. The van der Waals surface area contributed by atoms with Crippen LogP contribution in [0.4, 0.5) is 10.5 Å². The van der Waals surface area contributed by atoms with Gasteiger partial charge < -0.3 is 9.84 Å². The number of nitrogens with zero attached hydrogens (tertiary/aromatic N) is 1. The van der Waals surface area contributed by atoms with E-state index < -0.39 is 22.3 Å². The van der Waals surface area contributed by atoms with Crippen molar-refractivity contribution < 1.29 is 27.9 Å². The summed E-state index contributed by atoms with van der Waals surface area (Å²) in [5.74, 6) is -1.24. The maximum absolute atomic E-state index is 11.4. The summed E-state index contributed by atoms with van der Waals surface area (Å²) in [6.45, 7) is 1.55. The minimum atomic E-state index is -4.15. The average Bonchev–Trinajstić information content (AvgIpc) is 2.28. The van der Waals surface area contributed by atoms with E-state index in [9.17, 15) is 18.0 Å². The molecule has 0 aliphatic rings. The molecule has 3 N–H and O–H groups in total. The Kier molecular flexibility index (Phi) is 4.64. The van der Waals surface area contributed by atoms with E-state index in [2.05, 4.69) is 9.72 Å². The molecular formula is C9H11N3O6S. The number of carbonyl (C=O) groups excluding carboxylic acids is 1. The summed E-state index contributed by atoms with van der Waals surface area (Å²) in [6, 6.07) is 2.31. The largest absolute Gasteiger partial charge is 0.477 e. The topological polar surface area (TPSA) is 135 Å². The molecular weight excluding hydrogens is 278 g/mol. The van der Waals surface area contributed by atoms with Crippen LogP contribution in [-0.2, 0) is 14.9 Å². The van der Waals surface area contributed by atoms with E-state index in [1.165, 1.54) is 13.0 Å². The zero-order chi connectivity index (χ0) is 14.5. The number of hydrogen-bond donors (Lipinski definition) is 3. The van der Waals surface area contributed by atoms with E-state index in [1.54, 1.807) is 4.72 Å². The standard InChI is InChI=1S/C9H11N3O6S/c1-2-18-9(15)12-19(16,17)11-6-3-4-7(8(13)14)10-5-6/h3-5,11H,2H2,1H3,(H,12,15)(H,13,14). The highest BCUT2D eigenvalue weighted by atomic mass is 32.2. The number of aromatic nitrogens is 1. The number of ether oxygens (including phenoxy) is 1. The van der Waals surface area contributed by atoms with E-state index in [-0.39, 0.29) is 18.0 Å². The molecule has 1 aromatic heterocycles. The lowest BCUT2D eigenvalue weighted by atomic mass is 10.3. The first-order valence-corrected chi connectivity index (χ1v) is 6.49. The Morgan fingerprint density at radius 1 is 1.42 bits per heavy atom. The lowest BCUT2D eigenvalue weighted by Gasteiger charge is -2.08. The van der Waals surface area contributed by atoms with Crippen molar-refractivity contribution in [2.24, 2.45) is 0 Å². The van der Waals surface area contributed by atoms with Crippen LogP contribution in [0, 0.1) is 0 Å². The molecule has 1 rings (SSSR count). The molecule has 0 atom stereocenters. The summed E-state index contributed by atoms with van der Waals surface area (Å²) in [4.78, 5) is 25.0. The van der Waals surface area contributed by atoms with Crippen molar-refractivity contribution >= 4 is 28.0 Å².